The van der Waals surface area contributed by atoms with E-state index in [4.69, 9.17) is 8.75 Å². The summed E-state index contributed by atoms with van der Waals surface area (Å²) in [6.45, 7) is 4.55. The van der Waals surface area contributed by atoms with Crippen molar-refractivity contribution >= 4 is 33.9 Å². The maximum Gasteiger partial charge on any atom is 0.112 e. The number of allylic oxidation sites excluding steroid dienone is 8. The van der Waals surface area contributed by atoms with Crippen LogP contribution in [0, 0.1) is 0 Å². The van der Waals surface area contributed by atoms with E-state index >= 15 is 0 Å². The summed E-state index contributed by atoms with van der Waals surface area (Å²) >= 11 is 1.35. The van der Waals surface area contributed by atoms with Crippen LogP contribution in [0.4, 0.5) is 0 Å². The van der Waals surface area contributed by atoms with E-state index in [0.29, 0.717) is 0 Å². The number of rotatable bonds is 12. The van der Waals surface area contributed by atoms with Gasteiger partial charge >= 0.3 is 0 Å². The molecule has 3 heteroatoms. The summed E-state index contributed by atoms with van der Waals surface area (Å²) in [7, 11) is 0. The third-order valence-electron chi connectivity index (χ3n) is 6.63. The minimum Gasteiger partial charge on any atom is -0.172 e. The van der Waals surface area contributed by atoms with Gasteiger partial charge in [0.25, 0.3) is 0 Å². The van der Waals surface area contributed by atoms with Crippen LogP contribution >= 0.6 is 11.7 Å². The Bertz CT molecular complexity index is 939. The van der Waals surface area contributed by atoms with Gasteiger partial charge in [0.05, 0.1) is 11.7 Å². The van der Waals surface area contributed by atoms with Crippen molar-refractivity contribution in [2.75, 3.05) is 0 Å². The zero-order valence-corrected chi connectivity index (χ0v) is 20.1. The zero-order valence-electron chi connectivity index (χ0n) is 19.3. The Morgan fingerprint density at radius 2 is 1.16 bits per heavy atom. The second-order valence-corrected chi connectivity index (χ2v) is 9.58. The molecule has 2 aromatic rings. The van der Waals surface area contributed by atoms with Crippen molar-refractivity contribution in [1.82, 2.24) is 8.75 Å². The smallest absolute Gasteiger partial charge is 0.112 e. The van der Waals surface area contributed by atoms with E-state index in [1.54, 1.807) is 0 Å². The van der Waals surface area contributed by atoms with Crippen LogP contribution in [0.15, 0.2) is 47.6 Å². The molecule has 0 amide bonds. The predicted octanol–water partition coefficient (Wildman–Crippen LogP) is 9.06. The second-order valence-electron chi connectivity index (χ2n) is 9.05. The van der Waals surface area contributed by atoms with E-state index in [0.717, 1.165) is 23.9 Å². The molecule has 1 aromatic carbocycles. The van der Waals surface area contributed by atoms with Crippen molar-refractivity contribution in [1.29, 1.82) is 0 Å². The quantitative estimate of drug-likeness (QED) is 0.313. The number of hydrogen-bond donors (Lipinski definition) is 0. The standard InChI is InChI=1S/C28H36N2S/c1-3-5-7-9-11-21-13-15-23(19-21)25-17-18-26(28-27(25)29-31-30-28)24-16-14-22(20-24)12-10-8-6-4-2/h13-14,17-20H,3-12,15-16H2,1-2H3. The first-order chi connectivity index (χ1) is 15.3. The molecule has 0 saturated heterocycles. The van der Waals surface area contributed by atoms with E-state index in [-0.39, 0.29) is 0 Å². The van der Waals surface area contributed by atoms with Crippen molar-refractivity contribution in [3.8, 4) is 0 Å². The topological polar surface area (TPSA) is 25.8 Å². The SMILES string of the molecule is CCCCCCC1=CCC(c2ccc(C3=CC(CCCCCC)=CC3)c3nsnc23)=C1. The Morgan fingerprint density at radius 3 is 1.61 bits per heavy atom. The van der Waals surface area contributed by atoms with Gasteiger partial charge in [0.15, 0.2) is 0 Å². The Hall–Kier alpha value is -2.00. The zero-order chi connectivity index (χ0) is 21.5. The molecule has 0 fully saturated rings. The lowest BCUT2D eigenvalue weighted by Gasteiger charge is -2.08. The van der Waals surface area contributed by atoms with Crippen molar-refractivity contribution in [3.63, 3.8) is 0 Å². The van der Waals surface area contributed by atoms with Crippen molar-refractivity contribution in [2.24, 2.45) is 0 Å². The molecule has 4 rings (SSSR count). The molecule has 0 unspecified atom stereocenters. The molecule has 31 heavy (non-hydrogen) atoms. The summed E-state index contributed by atoms with van der Waals surface area (Å²) in [5.41, 5.74) is 10.6. The number of unbranched alkanes of at least 4 members (excludes halogenated alkanes) is 6. The van der Waals surface area contributed by atoms with Crippen LogP contribution in [0.3, 0.4) is 0 Å². The van der Waals surface area contributed by atoms with Crippen molar-refractivity contribution in [3.05, 3.63) is 58.7 Å². The van der Waals surface area contributed by atoms with Crippen LogP contribution in [-0.4, -0.2) is 8.75 Å². The third kappa shape index (κ3) is 5.44. The first-order valence-electron chi connectivity index (χ1n) is 12.4. The Balaban J connectivity index is 1.46. The van der Waals surface area contributed by atoms with Crippen LogP contribution in [0.25, 0.3) is 22.2 Å². The van der Waals surface area contributed by atoms with Gasteiger partial charge in [0.1, 0.15) is 11.0 Å². The molecule has 0 saturated carbocycles. The molecule has 0 atom stereocenters. The highest BCUT2D eigenvalue weighted by molar-refractivity contribution is 7.00. The fourth-order valence-corrected chi connectivity index (χ4v) is 5.36. The van der Waals surface area contributed by atoms with Gasteiger partial charge in [-0.15, -0.1) is 0 Å². The first kappa shape index (κ1) is 22.2. The van der Waals surface area contributed by atoms with Crippen LogP contribution < -0.4 is 0 Å². The van der Waals surface area contributed by atoms with E-state index in [2.05, 4.69) is 50.3 Å². The number of nitrogens with zero attached hydrogens (tertiary/aromatic N) is 2. The highest BCUT2D eigenvalue weighted by Crippen LogP contribution is 2.38. The lowest BCUT2D eigenvalue weighted by molar-refractivity contribution is 0.668. The molecule has 0 bridgehead atoms. The van der Waals surface area contributed by atoms with E-state index in [1.165, 1.54) is 109 Å². The Labute approximate surface area is 192 Å². The first-order valence-corrected chi connectivity index (χ1v) is 13.1. The van der Waals surface area contributed by atoms with E-state index < -0.39 is 0 Å². The summed E-state index contributed by atoms with van der Waals surface area (Å²) in [6, 6.07) is 4.58. The monoisotopic (exact) mass is 432 g/mol. The van der Waals surface area contributed by atoms with Gasteiger partial charge in [-0.1, -0.05) is 100.0 Å². The summed E-state index contributed by atoms with van der Waals surface area (Å²) in [4.78, 5) is 0. The number of hydrogen-bond acceptors (Lipinski definition) is 3. The van der Waals surface area contributed by atoms with Crippen molar-refractivity contribution < 1.29 is 0 Å². The van der Waals surface area contributed by atoms with E-state index in [9.17, 15) is 0 Å². The second kappa shape index (κ2) is 11.0. The lowest BCUT2D eigenvalue weighted by Crippen LogP contribution is -1.90. The van der Waals surface area contributed by atoms with E-state index in [1.807, 2.05) is 0 Å². The van der Waals surface area contributed by atoms with Crippen molar-refractivity contribution in [2.45, 2.75) is 90.9 Å². The highest BCUT2D eigenvalue weighted by atomic mass is 32.1. The minimum absolute atomic E-state index is 1.03. The van der Waals surface area contributed by atoms with Gasteiger partial charge in [-0.05, 0) is 49.7 Å². The molecule has 164 valence electrons. The number of fused-ring (bicyclic) bond motifs is 1. The lowest BCUT2D eigenvalue weighted by atomic mass is 9.96. The maximum atomic E-state index is 4.72. The molecule has 1 aromatic heterocycles. The fourth-order valence-electron chi connectivity index (χ4n) is 4.79. The number of benzene rings is 1. The summed E-state index contributed by atoms with van der Waals surface area (Å²) < 4.78 is 9.44. The largest absolute Gasteiger partial charge is 0.172 e. The fraction of sp³-hybridized carbons (Fsp3) is 0.500. The van der Waals surface area contributed by atoms with Gasteiger partial charge in [-0.25, -0.2) is 0 Å². The Kier molecular flexibility index (Phi) is 7.91. The van der Waals surface area contributed by atoms with Crippen LogP contribution in [0.2, 0.25) is 0 Å². The molecule has 2 aliphatic carbocycles. The van der Waals surface area contributed by atoms with Crippen LogP contribution in [-0.2, 0) is 0 Å². The Morgan fingerprint density at radius 1 is 0.677 bits per heavy atom. The molecule has 2 nitrogen and oxygen atoms in total. The van der Waals surface area contributed by atoms with Gasteiger partial charge in [-0.2, -0.15) is 8.75 Å². The third-order valence-corrected chi connectivity index (χ3v) is 7.16. The van der Waals surface area contributed by atoms with Crippen LogP contribution in [0.1, 0.15) is 102 Å². The maximum absolute atomic E-state index is 4.72. The molecule has 2 aliphatic rings. The van der Waals surface area contributed by atoms with Gasteiger partial charge in [0.2, 0.25) is 0 Å². The molecule has 1 heterocycles. The summed E-state index contributed by atoms with van der Waals surface area (Å²) in [5.74, 6) is 0. The normalized spacial score (nSPS) is 15.9. The van der Waals surface area contributed by atoms with Gasteiger partial charge in [-0.3, -0.25) is 0 Å². The van der Waals surface area contributed by atoms with Gasteiger partial charge < -0.3 is 0 Å². The van der Waals surface area contributed by atoms with Crippen LogP contribution in [0.5, 0.6) is 0 Å². The summed E-state index contributed by atoms with van der Waals surface area (Å²) in [5, 5.41) is 0. The number of aromatic nitrogens is 2. The molecule has 0 N–H and O–H groups in total. The highest BCUT2D eigenvalue weighted by Gasteiger charge is 2.19. The molecule has 0 aliphatic heterocycles. The molecule has 0 spiro atoms. The average molecular weight is 433 g/mol. The molecule has 0 radical (unpaired) electrons. The average Bonchev–Trinajstić information content (AvgIpc) is 3.54. The molecular weight excluding hydrogens is 396 g/mol. The predicted molar refractivity (Wildman–Crippen MR) is 136 cm³/mol. The summed E-state index contributed by atoms with van der Waals surface area (Å²) in [6.07, 6.45) is 24.7. The minimum atomic E-state index is 1.03. The van der Waals surface area contributed by atoms with Gasteiger partial charge in [0, 0.05) is 11.1 Å². The molecular formula is C28H36N2S.